The Morgan fingerprint density at radius 3 is 2.27 bits per heavy atom. The normalized spacial score (nSPS) is 63.7. The van der Waals surface area contributed by atoms with Crippen molar-refractivity contribution in [2.24, 2.45) is 50.7 Å². The van der Waals surface area contributed by atoms with E-state index in [1.807, 2.05) is 0 Å². The van der Waals surface area contributed by atoms with Gasteiger partial charge in [-0.2, -0.15) is 0 Å². The molecule has 6 aliphatic rings. The van der Waals surface area contributed by atoms with Gasteiger partial charge in [-0.25, -0.2) is 0 Å². The SMILES string of the molecule is CC12CCCC(C)(C1)C1CCC3(C)C1C(CC1C4(C)CCC(O)C(C)(C)C4C(O)CC13C)O2. The molecule has 12 unspecified atom stereocenters. The summed E-state index contributed by atoms with van der Waals surface area (Å²) in [6.07, 6.45) is 11.4. The minimum Gasteiger partial charge on any atom is -0.393 e. The Bertz CT molecular complexity index is 838. The van der Waals surface area contributed by atoms with Crippen LogP contribution in [0.1, 0.15) is 113 Å². The van der Waals surface area contributed by atoms with Crippen LogP contribution in [0, 0.1) is 50.7 Å². The molecule has 0 aromatic heterocycles. The molecule has 12 atom stereocenters. The van der Waals surface area contributed by atoms with Gasteiger partial charge in [-0.15, -0.1) is 0 Å². The zero-order valence-electron chi connectivity index (χ0n) is 22.4. The standard InChI is InChI=1S/C30H50O3/c1-25(2)22(32)10-13-28(5)21-15-20-23-18(26(3)11-8-12-27(4,17-26)33-20)9-14-29(23,6)30(21,7)16-19(31)24(25)28/h18-24,31-32H,8-17H2,1-7H3. The van der Waals surface area contributed by atoms with Crippen LogP contribution in [0.15, 0.2) is 0 Å². The van der Waals surface area contributed by atoms with E-state index in [9.17, 15) is 10.2 Å². The van der Waals surface area contributed by atoms with Crippen molar-refractivity contribution >= 4 is 0 Å². The van der Waals surface area contributed by atoms with Crippen LogP contribution in [0.25, 0.3) is 0 Å². The molecule has 6 rings (SSSR count). The summed E-state index contributed by atoms with van der Waals surface area (Å²) in [4.78, 5) is 0. The molecule has 1 heterocycles. The molecule has 5 aliphatic carbocycles. The molecule has 6 fully saturated rings. The van der Waals surface area contributed by atoms with Gasteiger partial charge in [-0.05, 0) is 115 Å². The predicted molar refractivity (Wildman–Crippen MR) is 132 cm³/mol. The highest BCUT2D eigenvalue weighted by Crippen LogP contribution is 2.78. The Kier molecular flexibility index (Phi) is 4.66. The number of aliphatic hydroxyl groups is 2. The topological polar surface area (TPSA) is 49.7 Å². The fourth-order valence-corrected chi connectivity index (χ4v) is 12.5. The summed E-state index contributed by atoms with van der Waals surface area (Å²) in [5.74, 6) is 2.09. The zero-order valence-corrected chi connectivity index (χ0v) is 22.4. The molecule has 0 spiro atoms. The highest BCUT2D eigenvalue weighted by molar-refractivity contribution is 5.22. The summed E-state index contributed by atoms with van der Waals surface area (Å²) in [5.41, 5.74) is 0.598. The lowest BCUT2D eigenvalue weighted by Crippen LogP contribution is -2.69. The average Bonchev–Trinajstić information content (AvgIpc) is 3.04. The van der Waals surface area contributed by atoms with Gasteiger partial charge >= 0.3 is 0 Å². The first kappa shape index (κ1) is 23.3. The molecule has 0 aromatic carbocycles. The number of aliphatic hydroxyl groups excluding tert-OH is 2. The quantitative estimate of drug-likeness (QED) is 0.444. The largest absolute Gasteiger partial charge is 0.393 e. The maximum absolute atomic E-state index is 11.8. The molecule has 0 amide bonds. The van der Waals surface area contributed by atoms with E-state index >= 15 is 0 Å². The maximum atomic E-state index is 11.8. The molecule has 0 aromatic rings. The van der Waals surface area contributed by atoms with Crippen molar-refractivity contribution in [1.82, 2.24) is 0 Å². The van der Waals surface area contributed by atoms with Gasteiger partial charge in [0, 0.05) is 0 Å². The number of hydrogen-bond donors (Lipinski definition) is 2. The van der Waals surface area contributed by atoms with Gasteiger partial charge in [0.05, 0.1) is 23.9 Å². The smallest absolute Gasteiger partial charge is 0.0663 e. The second-order valence-electron chi connectivity index (χ2n) is 15.7. The average molecular weight is 459 g/mol. The molecule has 1 aliphatic heterocycles. The summed E-state index contributed by atoms with van der Waals surface area (Å²) < 4.78 is 7.29. The molecule has 1 saturated heterocycles. The van der Waals surface area contributed by atoms with Crippen molar-refractivity contribution in [1.29, 1.82) is 0 Å². The van der Waals surface area contributed by atoms with Crippen LogP contribution in [-0.4, -0.2) is 34.1 Å². The van der Waals surface area contributed by atoms with E-state index < -0.39 is 0 Å². The van der Waals surface area contributed by atoms with E-state index in [1.165, 1.54) is 38.5 Å². The van der Waals surface area contributed by atoms with Gasteiger partial charge in [0.25, 0.3) is 0 Å². The summed E-state index contributed by atoms with van der Waals surface area (Å²) in [5, 5.41) is 22.8. The monoisotopic (exact) mass is 458 g/mol. The Hall–Kier alpha value is -0.120. The Labute approximate surface area is 202 Å². The van der Waals surface area contributed by atoms with E-state index in [2.05, 4.69) is 48.5 Å². The van der Waals surface area contributed by atoms with Crippen LogP contribution in [0.4, 0.5) is 0 Å². The molecule has 3 nitrogen and oxygen atoms in total. The Morgan fingerprint density at radius 1 is 0.818 bits per heavy atom. The minimum atomic E-state index is -0.326. The minimum absolute atomic E-state index is 0.0349. The van der Waals surface area contributed by atoms with Gasteiger partial charge in [0.2, 0.25) is 0 Å². The van der Waals surface area contributed by atoms with Crippen molar-refractivity contribution < 1.29 is 14.9 Å². The number of fused-ring (bicyclic) bond motifs is 7. The molecule has 2 bridgehead atoms. The lowest BCUT2D eigenvalue weighted by molar-refractivity contribution is -0.280. The highest BCUT2D eigenvalue weighted by Gasteiger charge is 2.74. The van der Waals surface area contributed by atoms with Crippen LogP contribution in [0.5, 0.6) is 0 Å². The molecule has 2 N–H and O–H groups in total. The number of rotatable bonds is 0. The highest BCUT2D eigenvalue weighted by atomic mass is 16.5. The molecule has 188 valence electrons. The number of hydrogen-bond acceptors (Lipinski definition) is 3. The van der Waals surface area contributed by atoms with Crippen molar-refractivity contribution in [2.75, 3.05) is 0 Å². The summed E-state index contributed by atoms with van der Waals surface area (Å²) in [7, 11) is 0. The Morgan fingerprint density at radius 2 is 1.55 bits per heavy atom. The van der Waals surface area contributed by atoms with E-state index in [4.69, 9.17) is 4.74 Å². The third-order valence-corrected chi connectivity index (χ3v) is 13.8. The van der Waals surface area contributed by atoms with Crippen molar-refractivity contribution in [3.8, 4) is 0 Å². The van der Waals surface area contributed by atoms with Crippen LogP contribution >= 0.6 is 0 Å². The molecular formula is C30H50O3. The van der Waals surface area contributed by atoms with Crippen LogP contribution in [-0.2, 0) is 4.74 Å². The summed E-state index contributed by atoms with van der Waals surface area (Å²) in [6, 6.07) is 0. The van der Waals surface area contributed by atoms with E-state index in [0.717, 1.165) is 31.6 Å². The van der Waals surface area contributed by atoms with Crippen molar-refractivity contribution in [3.63, 3.8) is 0 Å². The molecule has 5 saturated carbocycles. The first-order valence-electron chi connectivity index (χ1n) is 14.2. The fraction of sp³-hybridized carbons (Fsp3) is 1.00. The van der Waals surface area contributed by atoms with E-state index in [-0.39, 0.29) is 45.4 Å². The molecule has 33 heavy (non-hydrogen) atoms. The van der Waals surface area contributed by atoms with Crippen LogP contribution in [0.2, 0.25) is 0 Å². The first-order chi connectivity index (χ1) is 15.2. The van der Waals surface area contributed by atoms with Gasteiger partial charge in [-0.3, -0.25) is 0 Å². The predicted octanol–water partition coefficient (Wildman–Crippen LogP) is 6.35. The van der Waals surface area contributed by atoms with Gasteiger partial charge < -0.3 is 14.9 Å². The second kappa shape index (κ2) is 6.60. The third-order valence-electron chi connectivity index (χ3n) is 13.8. The fourth-order valence-electron chi connectivity index (χ4n) is 12.5. The lowest BCUT2D eigenvalue weighted by atomic mass is 9.34. The van der Waals surface area contributed by atoms with E-state index in [1.54, 1.807) is 0 Å². The lowest BCUT2D eigenvalue weighted by Gasteiger charge is -2.71. The first-order valence-corrected chi connectivity index (χ1v) is 14.2. The summed E-state index contributed by atoms with van der Waals surface area (Å²) >= 11 is 0. The van der Waals surface area contributed by atoms with E-state index in [0.29, 0.717) is 23.4 Å². The number of ether oxygens (including phenoxy) is 1. The van der Waals surface area contributed by atoms with Crippen molar-refractivity contribution in [2.45, 2.75) is 137 Å². The van der Waals surface area contributed by atoms with Crippen LogP contribution < -0.4 is 0 Å². The van der Waals surface area contributed by atoms with Gasteiger partial charge in [-0.1, -0.05) is 48.0 Å². The second-order valence-corrected chi connectivity index (χ2v) is 15.7. The summed E-state index contributed by atoms with van der Waals surface area (Å²) in [6.45, 7) is 17.1. The molecule has 0 radical (unpaired) electrons. The van der Waals surface area contributed by atoms with Crippen molar-refractivity contribution in [3.05, 3.63) is 0 Å². The van der Waals surface area contributed by atoms with Crippen LogP contribution in [0.3, 0.4) is 0 Å². The van der Waals surface area contributed by atoms with Gasteiger partial charge in [0.15, 0.2) is 0 Å². The molecular weight excluding hydrogens is 408 g/mol. The molecule has 3 heteroatoms. The Balaban J connectivity index is 1.49. The zero-order chi connectivity index (χ0) is 23.8. The third kappa shape index (κ3) is 2.69. The van der Waals surface area contributed by atoms with Gasteiger partial charge in [0.1, 0.15) is 0 Å². The maximum Gasteiger partial charge on any atom is 0.0663 e.